The largest absolute Gasteiger partial charge is 0.452 e. The number of carbonyl (C=O) groups is 2. The van der Waals surface area contributed by atoms with E-state index in [1.165, 1.54) is 18.2 Å². The summed E-state index contributed by atoms with van der Waals surface area (Å²) in [5, 5.41) is 2.00. The minimum Gasteiger partial charge on any atom is -0.452 e. The predicted molar refractivity (Wildman–Crippen MR) is 65.1 cm³/mol. The van der Waals surface area contributed by atoms with Crippen LogP contribution in [0.1, 0.15) is 10.4 Å². The Bertz CT molecular complexity index is 481. The molecule has 0 bridgehead atoms. The fourth-order valence-corrected chi connectivity index (χ4v) is 1.15. The summed E-state index contributed by atoms with van der Waals surface area (Å²) in [6.45, 7) is 0. The van der Waals surface area contributed by atoms with Gasteiger partial charge in [-0.15, -0.1) is 0 Å². The number of carbonyl (C=O) groups excluding carboxylic acids is 2. The van der Waals surface area contributed by atoms with Gasteiger partial charge in [0.2, 0.25) is 0 Å². The summed E-state index contributed by atoms with van der Waals surface area (Å²) in [5.41, 5.74) is 4.10. The fourth-order valence-electron chi connectivity index (χ4n) is 1.01. The van der Waals surface area contributed by atoms with Crippen molar-refractivity contribution in [3.8, 4) is 0 Å². The number of halogens is 1. The van der Waals surface area contributed by atoms with E-state index in [-0.39, 0.29) is 10.7 Å². The first-order chi connectivity index (χ1) is 8.54. The van der Waals surface area contributed by atoms with Crippen LogP contribution in [-0.4, -0.2) is 24.2 Å². The predicted octanol–water partition coefficient (Wildman–Crippen LogP) is 0.701. The van der Waals surface area contributed by atoms with Gasteiger partial charge >= 0.3 is 6.09 Å². The van der Waals surface area contributed by atoms with Gasteiger partial charge in [0.25, 0.3) is 5.91 Å². The smallest absolute Gasteiger partial charge is 0.425 e. The Balaban J connectivity index is 2.53. The molecule has 3 N–H and O–H groups in total. The SMILES string of the molecule is COC(=O)NNC(=S)NC(=O)c1ccccc1F. The average molecular weight is 271 g/mol. The summed E-state index contributed by atoms with van der Waals surface area (Å²) in [7, 11) is 1.16. The summed E-state index contributed by atoms with van der Waals surface area (Å²) >= 11 is 4.70. The molecule has 1 aromatic carbocycles. The number of nitrogens with one attached hydrogen (secondary N) is 3. The van der Waals surface area contributed by atoms with Gasteiger partial charge in [-0.2, -0.15) is 0 Å². The zero-order valence-corrected chi connectivity index (χ0v) is 10.1. The number of hydrogen-bond donors (Lipinski definition) is 3. The van der Waals surface area contributed by atoms with Crippen molar-refractivity contribution in [1.82, 2.24) is 16.2 Å². The molecule has 8 heteroatoms. The Morgan fingerprint density at radius 3 is 2.56 bits per heavy atom. The first kappa shape index (κ1) is 13.8. The van der Waals surface area contributed by atoms with Crippen molar-refractivity contribution in [3.63, 3.8) is 0 Å². The first-order valence-corrected chi connectivity index (χ1v) is 5.15. The Hall–Kier alpha value is -2.22. The van der Waals surface area contributed by atoms with Crippen molar-refractivity contribution in [3.05, 3.63) is 35.6 Å². The number of hydrogen-bond acceptors (Lipinski definition) is 4. The van der Waals surface area contributed by atoms with E-state index in [2.05, 4.69) is 15.5 Å². The Morgan fingerprint density at radius 1 is 1.28 bits per heavy atom. The van der Waals surface area contributed by atoms with Gasteiger partial charge in [-0.3, -0.25) is 15.5 Å². The van der Waals surface area contributed by atoms with Crippen LogP contribution in [0.5, 0.6) is 0 Å². The molecule has 0 aliphatic heterocycles. The normalized spacial score (nSPS) is 9.22. The fraction of sp³-hybridized carbons (Fsp3) is 0.100. The van der Waals surface area contributed by atoms with Crippen LogP contribution in [0.25, 0.3) is 0 Å². The molecule has 0 fully saturated rings. The van der Waals surface area contributed by atoms with E-state index in [1.807, 2.05) is 5.43 Å². The second kappa shape index (κ2) is 6.50. The van der Waals surface area contributed by atoms with Crippen LogP contribution >= 0.6 is 12.2 Å². The number of ether oxygens (including phenoxy) is 1. The highest BCUT2D eigenvalue weighted by atomic mass is 32.1. The van der Waals surface area contributed by atoms with Crippen molar-refractivity contribution >= 4 is 29.3 Å². The van der Waals surface area contributed by atoms with Crippen molar-refractivity contribution < 1.29 is 18.7 Å². The molecule has 0 saturated carbocycles. The molecule has 2 amide bonds. The lowest BCUT2D eigenvalue weighted by molar-refractivity contribution is 0.0971. The highest BCUT2D eigenvalue weighted by Gasteiger charge is 2.12. The van der Waals surface area contributed by atoms with Crippen molar-refractivity contribution in [1.29, 1.82) is 0 Å². The van der Waals surface area contributed by atoms with Gasteiger partial charge in [0.05, 0.1) is 12.7 Å². The van der Waals surface area contributed by atoms with E-state index in [4.69, 9.17) is 12.2 Å². The van der Waals surface area contributed by atoms with Crippen LogP contribution in [0.3, 0.4) is 0 Å². The van der Waals surface area contributed by atoms with Crippen LogP contribution in [0, 0.1) is 5.82 Å². The van der Waals surface area contributed by atoms with E-state index in [0.29, 0.717) is 0 Å². The quantitative estimate of drug-likeness (QED) is 0.517. The number of benzene rings is 1. The Morgan fingerprint density at radius 2 is 1.94 bits per heavy atom. The molecule has 0 aromatic heterocycles. The lowest BCUT2D eigenvalue weighted by atomic mass is 10.2. The first-order valence-electron chi connectivity index (χ1n) is 4.74. The molecule has 0 saturated heterocycles. The Kier molecular flexibility index (Phi) is 5.00. The van der Waals surface area contributed by atoms with E-state index < -0.39 is 17.8 Å². The van der Waals surface area contributed by atoms with E-state index in [0.717, 1.165) is 13.2 Å². The van der Waals surface area contributed by atoms with Crippen molar-refractivity contribution in [2.75, 3.05) is 7.11 Å². The molecule has 0 heterocycles. The molecule has 0 unspecified atom stereocenters. The van der Waals surface area contributed by atoms with Crippen LogP contribution in [0.4, 0.5) is 9.18 Å². The third kappa shape index (κ3) is 3.98. The molecule has 0 spiro atoms. The monoisotopic (exact) mass is 271 g/mol. The minimum atomic E-state index is -0.780. The van der Waals surface area contributed by atoms with Gasteiger partial charge in [0, 0.05) is 0 Å². The van der Waals surface area contributed by atoms with Crippen LogP contribution in [-0.2, 0) is 4.74 Å². The third-order valence-electron chi connectivity index (χ3n) is 1.81. The lowest BCUT2D eigenvalue weighted by Gasteiger charge is -2.09. The van der Waals surface area contributed by atoms with Crippen molar-refractivity contribution in [2.24, 2.45) is 0 Å². The molecule has 0 aliphatic rings. The van der Waals surface area contributed by atoms with Gasteiger partial charge in [-0.1, -0.05) is 12.1 Å². The summed E-state index contributed by atoms with van der Waals surface area (Å²) in [6, 6.07) is 5.43. The summed E-state index contributed by atoms with van der Waals surface area (Å²) < 4.78 is 17.5. The molecule has 0 aliphatic carbocycles. The molecule has 0 atom stereocenters. The Labute approximate surface area is 107 Å². The average Bonchev–Trinajstić information content (AvgIpc) is 2.36. The molecule has 18 heavy (non-hydrogen) atoms. The standard InChI is InChI=1S/C10H10FN3O3S/c1-17-10(16)14-13-9(18)12-8(15)6-4-2-3-5-7(6)11/h2-5H,1H3,(H,14,16)(H2,12,13,15,18). The number of amides is 2. The van der Waals surface area contributed by atoms with Crippen LogP contribution in [0.15, 0.2) is 24.3 Å². The lowest BCUT2D eigenvalue weighted by Crippen LogP contribution is -2.48. The molecule has 0 radical (unpaired) electrons. The molecule has 1 rings (SSSR count). The summed E-state index contributed by atoms with van der Waals surface area (Å²) in [6.07, 6.45) is -0.780. The zero-order chi connectivity index (χ0) is 13.5. The molecule has 1 aromatic rings. The maximum Gasteiger partial charge on any atom is 0.425 e. The number of thiocarbonyl (C=S) groups is 1. The second-order valence-electron chi connectivity index (χ2n) is 3.00. The summed E-state index contributed by atoms with van der Waals surface area (Å²) in [5.74, 6) is -1.39. The third-order valence-corrected chi connectivity index (χ3v) is 2.01. The van der Waals surface area contributed by atoms with Crippen LogP contribution < -0.4 is 16.2 Å². The van der Waals surface area contributed by atoms with E-state index in [1.54, 1.807) is 0 Å². The number of hydrazine groups is 1. The van der Waals surface area contributed by atoms with Gasteiger partial charge in [0.1, 0.15) is 5.82 Å². The van der Waals surface area contributed by atoms with Gasteiger partial charge in [-0.25, -0.2) is 14.6 Å². The molecule has 6 nitrogen and oxygen atoms in total. The second-order valence-corrected chi connectivity index (χ2v) is 3.41. The van der Waals surface area contributed by atoms with Crippen molar-refractivity contribution in [2.45, 2.75) is 0 Å². The summed E-state index contributed by atoms with van der Waals surface area (Å²) in [4.78, 5) is 22.3. The number of rotatable bonds is 1. The topological polar surface area (TPSA) is 79.5 Å². The maximum absolute atomic E-state index is 13.2. The molecular weight excluding hydrogens is 261 g/mol. The highest BCUT2D eigenvalue weighted by Crippen LogP contribution is 2.05. The van der Waals surface area contributed by atoms with Gasteiger partial charge in [-0.05, 0) is 24.4 Å². The highest BCUT2D eigenvalue weighted by molar-refractivity contribution is 7.80. The van der Waals surface area contributed by atoms with Gasteiger partial charge < -0.3 is 4.74 Å². The van der Waals surface area contributed by atoms with Gasteiger partial charge in [0.15, 0.2) is 5.11 Å². The number of methoxy groups -OCH3 is 1. The van der Waals surface area contributed by atoms with E-state index in [9.17, 15) is 14.0 Å². The zero-order valence-electron chi connectivity index (χ0n) is 9.32. The van der Waals surface area contributed by atoms with E-state index >= 15 is 0 Å². The molecular formula is C10H10FN3O3S. The molecule has 96 valence electrons. The maximum atomic E-state index is 13.2. The van der Waals surface area contributed by atoms with Crippen LogP contribution in [0.2, 0.25) is 0 Å². The minimum absolute atomic E-state index is 0.153.